The standard InChI is InChI=1S/C40H48N4O9S/c1-4-43-31-14-9-11-16-33(31)52-35(43)21-19-29-26-30(20-22-36-44(5-2)32-15-10-12-17-34(32)53-36)28-40(27-29,39(47)42-24-25-54(48,49)50)38(46)41-23-13-7-8-18-37(45)51-6-3/h9-12,14-17,19-22,26H,4-8,13,18,23-25,27-28H2,1-3H3,(H2-,41,42,46,47,48,49,50)/p+1. The quantitative estimate of drug-likeness (QED) is 0.0534. The van der Waals surface area contributed by atoms with Gasteiger partial charge in [0, 0.05) is 32.1 Å². The Hall–Kier alpha value is -5.21. The lowest BCUT2D eigenvalue weighted by Gasteiger charge is -2.35. The van der Waals surface area contributed by atoms with E-state index in [2.05, 4.69) is 10.6 Å². The van der Waals surface area contributed by atoms with Crippen molar-refractivity contribution in [1.82, 2.24) is 10.6 Å². The summed E-state index contributed by atoms with van der Waals surface area (Å²) in [4.78, 5) is 42.2. The van der Waals surface area contributed by atoms with E-state index in [1.54, 1.807) is 6.92 Å². The van der Waals surface area contributed by atoms with E-state index >= 15 is 0 Å². The van der Waals surface area contributed by atoms with E-state index in [4.69, 9.17) is 13.9 Å². The Balaban J connectivity index is 1.48. The van der Waals surface area contributed by atoms with Gasteiger partial charge in [0.1, 0.15) is 12.0 Å². The van der Waals surface area contributed by atoms with Gasteiger partial charge in [0.15, 0.2) is 5.75 Å². The second-order valence-corrected chi connectivity index (χ2v) is 14.7. The molecule has 1 aliphatic heterocycles. The van der Waals surface area contributed by atoms with E-state index in [0.29, 0.717) is 61.9 Å². The first kappa shape index (κ1) is 40.0. The van der Waals surface area contributed by atoms with Crippen LogP contribution in [0.15, 0.2) is 94.3 Å². The normalized spacial score (nSPS) is 18.5. The smallest absolute Gasteiger partial charge is 0.374 e. The number of hydrogen-bond acceptors (Lipinski definition) is 9. The molecule has 0 saturated carbocycles. The van der Waals surface area contributed by atoms with Crippen molar-refractivity contribution in [3.8, 4) is 5.75 Å². The number of benzene rings is 2. The molecular formula is C40H49N4O9S+. The summed E-state index contributed by atoms with van der Waals surface area (Å²) >= 11 is 0. The number of fused-ring (bicyclic) bond motifs is 2. The van der Waals surface area contributed by atoms with Gasteiger partial charge < -0.3 is 29.4 Å². The summed E-state index contributed by atoms with van der Waals surface area (Å²) in [6, 6.07) is 15.4. The highest BCUT2D eigenvalue weighted by Gasteiger charge is 2.48. The molecule has 13 nitrogen and oxygen atoms in total. The minimum Gasteiger partial charge on any atom is -0.466 e. The maximum absolute atomic E-state index is 14.3. The average Bonchev–Trinajstić information content (AvgIpc) is 3.70. The molecule has 54 heavy (non-hydrogen) atoms. The molecule has 1 atom stereocenters. The van der Waals surface area contributed by atoms with Crippen LogP contribution in [0.4, 0.5) is 5.69 Å². The number of para-hydroxylation sites is 4. The van der Waals surface area contributed by atoms with Crippen molar-refractivity contribution in [3.05, 3.63) is 95.8 Å². The number of carbonyl (C=O) groups excluding carboxylic acids is 3. The van der Waals surface area contributed by atoms with Crippen molar-refractivity contribution in [1.29, 1.82) is 0 Å². The van der Waals surface area contributed by atoms with Crippen molar-refractivity contribution >= 4 is 50.8 Å². The number of carbonyl (C=O) groups is 3. The number of allylic oxidation sites excluding steroid dienone is 6. The van der Waals surface area contributed by atoms with Crippen LogP contribution in [0.25, 0.3) is 17.2 Å². The molecule has 0 fully saturated rings. The highest BCUT2D eigenvalue weighted by molar-refractivity contribution is 7.85. The number of esters is 1. The molecule has 5 rings (SSSR count). The summed E-state index contributed by atoms with van der Waals surface area (Å²) in [5.74, 6) is -0.282. The summed E-state index contributed by atoms with van der Waals surface area (Å²) in [5, 5.41) is 5.54. The van der Waals surface area contributed by atoms with Crippen LogP contribution in [0.2, 0.25) is 0 Å². The van der Waals surface area contributed by atoms with E-state index in [0.717, 1.165) is 22.5 Å². The number of anilines is 1. The lowest BCUT2D eigenvalue weighted by Crippen LogP contribution is -2.53. The van der Waals surface area contributed by atoms with E-state index in [9.17, 15) is 27.4 Å². The van der Waals surface area contributed by atoms with Gasteiger partial charge in [-0.2, -0.15) is 13.0 Å². The van der Waals surface area contributed by atoms with Crippen molar-refractivity contribution in [2.24, 2.45) is 5.41 Å². The predicted molar refractivity (Wildman–Crippen MR) is 205 cm³/mol. The van der Waals surface area contributed by atoms with Gasteiger partial charge in [0.05, 0.1) is 24.1 Å². The molecule has 2 aliphatic rings. The van der Waals surface area contributed by atoms with Crippen LogP contribution in [0.1, 0.15) is 65.2 Å². The van der Waals surface area contributed by atoms with E-state index in [1.807, 2.05) is 102 Å². The molecule has 288 valence electrons. The molecule has 2 aromatic carbocycles. The minimum absolute atomic E-state index is 0.000802. The first-order valence-corrected chi connectivity index (χ1v) is 20.0. The zero-order valence-corrected chi connectivity index (χ0v) is 31.8. The number of rotatable bonds is 17. The Morgan fingerprint density at radius 1 is 0.944 bits per heavy atom. The number of amides is 2. The Bertz CT molecular complexity index is 2080. The molecule has 0 spiro atoms. The van der Waals surface area contributed by atoms with Crippen molar-refractivity contribution in [2.45, 2.75) is 65.8 Å². The second kappa shape index (κ2) is 18.2. The molecule has 14 heteroatoms. The van der Waals surface area contributed by atoms with E-state index in [1.165, 1.54) is 0 Å². The summed E-state index contributed by atoms with van der Waals surface area (Å²) in [7, 11) is -4.37. The summed E-state index contributed by atoms with van der Waals surface area (Å²) in [5.41, 5.74) is 2.21. The third-order valence-electron chi connectivity index (χ3n) is 9.33. The molecule has 0 bridgehead atoms. The molecular weight excluding hydrogens is 713 g/mol. The van der Waals surface area contributed by atoms with Gasteiger partial charge in [-0.15, -0.1) is 0 Å². The Labute approximate surface area is 316 Å². The number of aromatic nitrogens is 1. The third kappa shape index (κ3) is 9.85. The van der Waals surface area contributed by atoms with Crippen LogP contribution in [0.5, 0.6) is 5.75 Å². The number of hydrogen-bond donors (Lipinski definition) is 3. The molecule has 1 unspecified atom stereocenters. The van der Waals surface area contributed by atoms with Crippen LogP contribution in [-0.4, -0.2) is 62.7 Å². The molecule has 3 N–H and O–H groups in total. The molecule has 2 heterocycles. The predicted octanol–water partition coefficient (Wildman–Crippen LogP) is 5.39. The highest BCUT2D eigenvalue weighted by Crippen LogP contribution is 2.42. The number of unbranched alkanes of at least 4 members (excludes halogenated alkanes) is 2. The fraction of sp³-hybridized carbons (Fsp3) is 0.400. The molecule has 1 aliphatic carbocycles. The zero-order chi connectivity index (χ0) is 38.7. The highest BCUT2D eigenvalue weighted by atomic mass is 32.2. The SMILES string of the molecule is CCOC(=O)CCCCCNC(=O)C1(C(=O)NCCS(=O)(=O)O)CC(=CC=C2Oc3ccccc3N2CC)C=C(C=Cc2oc3ccccc3[n+]2CC)C1. The largest absolute Gasteiger partial charge is 0.466 e. The molecule has 3 aromatic rings. The zero-order valence-electron chi connectivity index (χ0n) is 31.0. The summed E-state index contributed by atoms with van der Waals surface area (Å²) in [6.45, 7) is 7.26. The molecule has 1 aromatic heterocycles. The Kier molecular flexibility index (Phi) is 13.5. The van der Waals surface area contributed by atoms with E-state index in [-0.39, 0.29) is 38.3 Å². The first-order valence-electron chi connectivity index (χ1n) is 18.4. The Morgan fingerprint density at radius 3 is 2.43 bits per heavy atom. The van der Waals surface area contributed by atoms with Crippen LogP contribution < -0.4 is 24.8 Å². The lowest BCUT2D eigenvalue weighted by atomic mass is 9.70. The van der Waals surface area contributed by atoms with Gasteiger partial charge in [0.25, 0.3) is 15.6 Å². The molecule has 0 radical (unpaired) electrons. The molecule has 2 amide bonds. The van der Waals surface area contributed by atoms with Crippen LogP contribution in [-0.2, 0) is 35.8 Å². The van der Waals surface area contributed by atoms with Gasteiger partial charge in [-0.05, 0) is 88.0 Å². The van der Waals surface area contributed by atoms with Crippen LogP contribution in [0.3, 0.4) is 0 Å². The maximum atomic E-state index is 14.3. The number of ether oxygens (including phenoxy) is 2. The summed E-state index contributed by atoms with van der Waals surface area (Å²) in [6.07, 6.45) is 11.3. The average molecular weight is 762 g/mol. The lowest BCUT2D eigenvalue weighted by molar-refractivity contribution is -0.674. The molecule has 0 saturated heterocycles. The van der Waals surface area contributed by atoms with E-state index < -0.39 is 33.1 Å². The number of nitrogens with one attached hydrogen (secondary N) is 2. The van der Waals surface area contributed by atoms with Crippen LogP contribution in [0, 0.1) is 5.41 Å². The monoisotopic (exact) mass is 761 g/mol. The number of aryl methyl sites for hydroxylation is 1. The van der Waals surface area contributed by atoms with Crippen molar-refractivity contribution < 1.29 is 45.8 Å². The number of nitrogens with zero attached hydrogens (tertiary/aromatic N) is 2. The van der Waals surface area contributed by atoms with Crippen molar-refractivity contribution in [2.75, 3.05) is 36.9 Å². The van der Waals surface area contributed by atoms with Gasteiger partial charge in [-0.3, -0.25) is 18.9 Å². The fourth-order valence-corrected chi connectivity index (χ4v) is 7.10. The van der Waals surface area contributed by atoms with Crippen molar-refractivity contribution in [3.63, 3.8) is 0 Å². The van der Waals surface area contributed by atoms with Gasteiger partial charge in [-0.25, -0.2) is 0 Å². The first-order chi connectivity index (χ1) is 26.0. The fourth-order valence-electron chi connectivity index (χ4n) is 6.74. The topological polar surface area (TPSA) is 168 Å². The maximum Gasteiger partial charge on any atom is 0.374 e. The second-order valence-electron chi connectivity index (χ2n) is 13.1. The number of oxazole rings is 1. The minimum atomic E-state index is -4.37. The summed E-state index contributed by atoms with van der Waals surface area (Å²) < 4.78 is 51.7. The third-order valence-corrected chi connectivity index (χ3v) is 10.1. The Morgan fingerprint density at radius 2 is 1.69 bits per heavy atom. The van der Waals surface area contributed by atoms with Gasteiger partial charge in [0.2, 0.25) is 23.3 Å². The van der Waals surface area contributed by atoms with Gasteiger partial charge >= 0.3 is 11.9 Å². The van der Waals surface area contributed by atoms with Crippen LogP contribution >= 0.6 is 0 Å². The van der Waals surface area contributed by atoms with Gasteiger partial charge in [-0.1, -0.05) is 42.8 Å².